The van der Waals surface area contributed by atoms with Gasteiger partial charge in [-0.05, 0) is 30.7 Å². The molecule has 0 N–H and O–H groups in total. The molecule has 0 aliphatic carbocycles. The fourth-order valence-corrected chi connectivity index (χ4v) is 5.24. The predicted molar refractivity (Wildman–Crippen MR) is 108 cm³/mol. The molecule has 3 aromatic carbocycles. The molecule has 2 nitrogen and oxygen atoms in total. The maximum absolute atomic E-state index is 12.9. The zero-order valence-corrected chi connectivity index (χ0v) is 16.8. The van der Waals surface area contributed by atoms with Gasteiger partial charge in [-0.2, -0.15) is 26.3 Å². The molecule has 0 saturated carbocycles. The van der Waals surface area contributed by atoms with Gasteiger partial charge in [0.15, 0.2) is 24.7 Å². The molecular formula is C22H17F6O2P. The summed E-state index contributed by atoms with van der Waals surface area (Å²) >= 11 is 0. The van der Waals surface area contributed by atoms with Gasteiger partial charge in [0.25, 0.3) is 0 Å². The average Bonchev–Trinajstić information content (AvgIpc) is 2.72. The van der Waals surface area contributed by atoms with E-state index < -0.39 is 39.2 Å². The summed E-state index contributed by atoms with van der Waals surface area (Å²) in [6, 6.07) is 22.2. The van der Waals surface area contributed by atoms with E-state index in [2.05, 4.69) is 0 Å². The summed E-state index contributed by atoms with van der Waals surface area (Å²) in [5.74, 6) is -0.735. The molecule has 0 spiro atoms. The second-order valence-corrected chi connectivity index (χ2v) is 8.60. The van der Waals surface area contributed by atoms with E-state index in [-0.39, 0.29) is 5.75 Å². The normalized spacial score (nSPS) is 12.1. The lowest BCUT2D eigenvalue weighted by molar-refractivity contribution is -0.158. The lowest BCUT2D eigenvalue weighted by Gasteiger charge is -2.24. The minimum atomic E-state index is -4.67. The fourth-order valence-electron chi connectivity index (χ4n) is 2.83. The Morgan fingerprint density at radius 1 is 0.581 bits per heavy atom. The summed E-state index contributed by atoms with van der Waals surface area (Å²) < 4.78 is 86.6. The Morgan fingerprint density at radius 2 is 1.06 bits per heavy atom. The second-order valence-electron chi connectivity index (χ2n) is 6.42. The summed E-state index contributed by atoms with van der Waals surface area (Å²) in [4.78, 5) is 0. The van der Waals surface area contributed by atoms with E-state index in [0.29, 0.717) is 5.30 Å². The number of ether oxygens (including phenoxy) is 2. The van der Waals surface area contributed by atoms with Gasteiger partial charge in [0, 0.05) is 5.30 Å². The number of halogens is 6. The highest BCUT2D eigenvalue weighted by molar-refractivity contribution is 7.80. The van der Waals surface area contributed by atoms with Crippen molar-refractivity contribution >= 4 is 23.8 Å². The smallest absolute Gasteiger partial charge is 0.422 e. The molecule has 164 valence electrons. The molecule has 0 aromatic heterocycles. The van der Waals surface area contributed by atoms with E-state index in [1.54, 1.807) is 42.5 Å². The van der Waals surface area contributed by atoms with Crippen LogP contribution in [0.15, 0.2) is 78.9 Å². The first-order chi connectivity index (χ1) is 14.6. The van der Waals surface area contributed by atoms with Gasteiger partial charge in [-0.25, -0.2) is 0 Å². The predicted octanol–water partition coefficient (Wildman–Crippen LogP) is 5.33. The molecule has 0 bridgehead atoms. The fraction of sp³-hybridized carbons (Fsp3) is 0.182. The van der Waals surface area contributed by atoms with Gasteiger partial charge in [0.2, 0.25) is 0 Å². The van der Waals surface area contributed by atoms with Crippen molar-refractivity contribution in [3.05, 3.63) is 78.9 Å². The van der Waals surface area contributed by atoms with Crippen LogP contribution >= 0.6 is 7.92 Å². The minimum absolute atomic E-state index is 0.330. The second kappa shape index (κ2) is 9.60. The largest absolute Gasteiger partial charge is 0.480 e. The molecule has 0 radical (unpaired) electrons. The molecule has 9 heteroatoms. The Labute approximate surface area is 176 Å². The molecule has 0 amide bonds. The summed E-state index contributed by atoms with van der Waals surface area (Å²) in [5.41, 5.74) is 0. The number of para-hydroxylation sites is 1. The topological polar surface area (TPSA) is 18.5 Å². The molecule has 0 saturated heterocycles. The van der Waals surface area contributed by atoms with E-state index in [4.69, 9.17) is 9.47 Å². The van der Waals surface area contributed by atoms with Crippen LogP contribution in [0.4, 0.5) is 26.3 Å². The van der Waals surface area contributed by atoms with Crippen LogP contribution in [-0.4, -0.2) is 25.6 Å². The zero-order valence-electron chi connectivity index (χ0n) is 16.0. The molecule has 0 aliphatic rings. The first-order valence-electron chi connectivity index (χ1n) is 9.06. The molecule has 3 rings (SSSR count). The number of hydrogen-bond donors (Lipinski definition) is 0. The average molecular weight is 458 g/mol. The van der Waals surface area contributed by atoms with Crippen LogP contribution in [0.1, 0.15) is 0 Å². The van der Waals surface area contributed by atoms with Crippen LogP contribution in [0.2, 0.25) is 0 Å². The van der Waals surface area contributed by atoms with Gasteiger partial charge < -0.3 is 9.47 Å². The third kappa shape index (κ3) is 6.62. The van der Waals surface area contributed by atoms with Gasteiger partial charge in [0.05, 0.1) is 0 Å². The molecule has 3 aromatic rings. The van der Waals surface area contributed by atoms with Crippen molar-refractivity contribution in [3.8, 4) is 11.5 Å². The van der Waals surface area contributed by atoms with Gasteiger partial charge in [0.1, 0.15) is 0 Å². The first kappa shape index (κ1) is 22.9. The Bertz CT molecular complexity index is 935. The molecule has 0 aliphatic heterocycles. The van der Waals surface area contributed by atoms with Crippen molar-refractivity contribution in [2.45, 2.75) is 12.4 Å². The maximum Gasteiger partial charge on any atom is 0.422 e. The van der Waals surface area contributed by atoms with E-state index >= 15 is 0 Å². The van der Waals surface area contributed by atoms with Crippen molar-refractivity contribution in [2.75, 3.05) is 13.2 Å². The van der Waals surface area contributed by atoms with Crippen molar-refractivity contribution in [2.24, 2.45) is 0 Å². The van der Waals surface area contributed by atoms with Crippen LogP contribution in [0, 0.1) is 0 Å². The van der Waals surface area contributed by atoms with Crippen LogP contribution < -0.4 is 25.4 Å². The standard InChI is InChI=1S/C22H17F6O2P/c23-21(24,25)14-29-18-12-7-13-19(20(18)30-15-22(26,27)28)31(16-8-3-1-4-9-16)17-10-5-2-6-11-17/h1-13H,14-15H2. The monoisotopic (exact) mass is 458 g/mol. The Morgan fingerprint density at radius 3 is 1.55 bits per heavy atom. The maximum atomic E-state index is 12.9. The van der Waals surface area contributed by atoms with Gasteiger partial charge >= 0.3 is 12.4 Å². The Balaban J connectivity index is 2.13. The van der Waals surface area contributed by atoms with Crippen molar-refractivity contribution in [1.29, 1.82) is 0 Å². The first-order valence-corrected chi connectivity index (χ1v) is 10.4. The third-order valence-electron chi connectivity index (χ3n) is 4.00. The zero-order chi connectivity index (χ0) is 22.5. The van der Waals surface area contributed by atoms with E-state index in [9.17, 15) is 26.3 Å². The van der Waals surface area contributed by atoms with Gasteiger partial charge in [-0.15, -0.1) is 0 Å². The van der Waals surface area contributed by atoms with Crippen molar-refractivity contribution in [3.63, 3.8) is 0 Å². The molecule has 0 heterocycles. The summed E-state index contributed by atoms with van der Waals surface area (Å²) in [6.45, 7) is -3.30. The Kier molecular flexibility index (Phi) is 7.11. The number of benzene rings is 3. The molecular weight excluding hydrogens is 441 g/mol. The quantitative estimate of drug-likeness (QED) is 0.352. The summed E-state index contributed by atoms with van der Waals surface area (Å²) in [7, 11) is -1.42. The lowest BCUT2D eigenvalue weighted by atomic mass is 10.3. The minimum Gasteiger partial charge on any atom is -0.480 e. The van der Waals surface area contributed by atoms with Crippen LogP contribution in [0.3, 0.4) is 0 Å². The van der Waals surface area contributed by atoms with Gasteiger partial charge in [-0.3, -0.25) is 0 Å². The van der Waals surface area contributed by atoms with Crippen LogP contribution in [0.5, 0.6) is 11.5 Å². The van der Waals surface area contributed by atoms with Gasteiger partial charge in [-0.1, -0.05) is 66.7 Å². The van der Waals surface area contributed by atoms with Crippen LogP contribution in [-0.2, 0) is 0 Å². The van der Waals surface area contributed by atoms with Crippen molar-refractivity contribution < 1.29 is 35.8 Å². The third-order valence-corrected chi connectivity index (χ3v) is 6.46. The molecule has 0 unspecified atom stereocenters. The number of rotatable bonds is 7. The SMILES string of the molecule is FC(F)(F)COc1cccc(P(c2ccccc2)c2ccccc2)c1OCC(F)(F)F. The van der Waals surface area contributed by atoms with E-state index in [1.165, 1.54) is 12.1 Å². The molecule has 0 fully saturated rings. The number of alkyl halides is 6. The van der Waals surface area contributed by atoms with E-state index in [1.807, 2.05) is 24.3 Å². The lowest BCUT2D eigenvalue weighted by Crippen LogP contribution is -2.27. The summed E-state index contributed by atoms with van der Waals surface area (Å²) in [6.07, 6.45) is -9.32. The highest BCUT2D eigenvalue weighted by atomic mass is 31.1. The highest BCUT2D eigenvalue weighted by Gasteiger charge is 2.33. The summed E-state index contributed by atoms with van der Waals surface area (Å²) in [5, 5.41) is 1.93. The van der Waals surface area contributed by atoms with E-state index in [0.717, 1.165) is 10.6 Å². The molecule has 31 heavy (non-hydrogen) atoms. The van der Waals surface area contributed by atoms with Crippen molar-refractivity contribution in [1.82, 2.24) is 0 Å². The number of hydrogen-bond acceptors (Lipinski definition) is 2. The molecule has 0 atom stereocenters. The highest BCUT2D eigenvalue weighted by Crippen LogP contribution is 2.41. The van der Waals surface area contributed by atoms with Crippen LogP contribution in [0.25, 0.3) is 0 Å². The Hall–Kier alpha value is -2.73.